The van der Waals surface area contributed by atoms with E-state index in [0.29, 0.717) is 6.04 Å². The first-order chi connectivity index (χ1) is 9.78. The van der Waals surface area contributed by atoms with Crippen molar-refractivity contribution >= 4 is 0 Å². The second-order valence-corrected chi connectivity index (χ2v) is 4.56. The Morgan fingerprint density at radius 3 is 2.25 bits per heavy atom. The van der Waals surface area contributed by atoms with Crippen LogP contribution >= 0.6 is 0 Å². The molecule has 0 radical (unpaired) electrons. The van der Waals surface area contributed by atoms with Crippen molar-refractivity contribution < 1.29 is 9.47 Å². The SMILES string of the molecule is CCC(NC)c1ccccc1Oc1ccc(OC)cc1. The molecule has 1 unspecified atom stereocenters. The standard InChI is InChI=1S/C17H21NO2/c1-4-16(18-2)15-7-5-6-8-17(15)20-14-11-9-13(19-3)10-12-14/h5-12,16,18H,4H2,1-3H3. The molecule has 2 aromatic carbocycles. The van der Waals surface area contributed by atoms with E-state index < -0.39 is 0 Å². The number of methoxy groups -OCH3 is 1. The molecule has 0 saturated carbocycles. The fraction of sp³-hybridized carbons (Fsp3) is 0.294. The first-order valence-electron chi connectivity index (χ1n) is 6.86. The number of hydrogen-bond donors (Lipinski definition) is 1. The number of benzene rings is 2. The van der Waals surface area contributed by atoms with Crippen LogP contribution in [0.2, 0.25) is 0 Å². The number of hydrogen-bond acceptors (Lipinski definition) is 3. The Balaban J connectivity index is 2.23. The lowest BCUT2D eigenvalue weighted by Crippen LogP contribution is -2.15. The molecular formula is C17H21NO2. The highest BCUT2D eigenvalue weighted by molar-refractivity contribution is 5.41. The predicted octanol–water partition coefficient (Wildman–Crippen LogP) is 4.16. The van der Waals surface area contributed by atoms with E-state index >= 15 is 0 Å². The maximum Gasteiger partial charge on any atom is 0.132 e. The second kappa shape index (κ2) is 6.96. The molecular weight excluding hydrogens is 250 g/mol. The van der Waals surface area contributed by atoms with E-state index in [1.54, 1.807) is 7.11 Å². The van der Waals surface area contributed by atoms with Gasteiger partial charge in [0, 0.05) is 11.6 Å². The van der Waals surface area contributed by atoms with Crippen LogP contribution < -0.4 is 14.8 Å². The first kappa shape index (κ1) is 14.4. The number of ether oxygens (including phenoxy) is 2. The van der Waals surface area contributed by atoms with Crippen LogP contribution in [0.3, 0.4) is 0 Å². The summed E-state index contributed by atoms with van der Waals surface area (Å²) in [6, 6.07) is 16.0. The molecule has 3 heteroatoms. The summed E-state index contributed by atoms with van der Waals surface area (Å²) in [5.74, 6) is 2.52. The number of para-hydroxylation sites is 1. The van der Waals surface area contributed by atoms with Gasteiger partial charge in [0.15, 0.2) is 0 Å². The van der Waals surface area contributed by atoms with Crippen molar-refractivity contribution in [2.24, 2.45) is 0 Å². The van der Waals surface area contributed by atoms with Crippen LogP contribution in [0.1, 0.15) is 24.9 Å². The van der Waals surface area contributed by atoms with Gasteiger partial charge >= 0.3 is 0 Å². The van der Waals surface area contributed by atoms with Crippen molar-refractivity contribution in [3.05, 3.63) is 54.1 Å². The molecule has 20 heavy (non-hydrogen) atoms. The van der Waals surface area contributed by atoms with Gasteiger partial charge in [-0.25, -0.2) is 0 Å². The van der Waals surface area contributed by atoms with Crippen LogP contribution in [0, 0.1) is 0 Å². The summed E-state index contributed by atoms with van der Waals surface area (Å²) in [4.78, 5) is 0. The third-order valence-electron chi connectivity index (χ3n) is 3.34. The molecule has 106 valence electrons. The van der Waals surface area contributed by atoms with Gasteiger partial charge in [-0.15, -0.1) is 0 Å². The fourth-order valence-corrected chi connectivity index (χ4v) is 2.21. The summed E-state index contributed by atoms with van der Waals surface area (Å²) in [6.07, 6.45) is 1.01. The normalized spacial score (nSPS) is 11.9. The van der Waals surface area contributed by atoms with Crippen molar-refractivity contribution in [1.82, 2.24) is 5.32 Å². The van der Waals surface area contributed by atoms with Gasteiger partial charge in [-0.2, -0.15) is 0 Å². The molecule has 0 heterocycles. The average Bonchev–Trinajstić information content (AvgIpc) is 2.51. The van der Waals surface area contributed by atoms with Crippen molar-refractivity contribution in [2.75, 3.05) is 14.2 Å². The molecule has 0 aliphatic heterocycles. The van der Waals surface area contributed by atoms with Gasteiger partial charge < -0.3 is 14.8 Å². The third kappa shape index (κ3) is 3.31. The van der Waals surface area contributed by atoms with Crippen molar-refractivity contribution in [2.45, 2.75) is 19.4 Å². The van der Waals surface area contributed by atoms with Gasteiger partial charge in [0.1, 0.15) is 17.2 Å². The quantitative estimate of drug-likeness (QED) is 0.855. The van der Waals surface area contributed by atoms with Crippen LogP contribution in [0.5, 0.6) is 17.2 Å². The molecule has 0 aliphatic rings. The Kier molecular flexibility index (Phi) is 5.02. The Morgan fingerprint density at radius 1 is 1.00 bits per heavy atom. The molecule has 2 aromatic rings. The van der Waals surface area contributed by atoms with Crippen LogP contribution in [0.4, 0.5) is 0 Å². The molecule has 3 nitrogen and oxygen atoms in total. The summed E-state index contributed by atoms with van der Waals surface area (Å²) in [6.45, 7) is 2.16. The van der Waals surface area contributed by atoms with E-state index in [4.69, 9.17) is 9.47 Å². The van der Waals surface area contributed by atoms with Crippen molar-refractivity contribution in [3.8, 4) is 17.2 Å². The zero-order valence-corrected chi connectivity index (χ0v) is 12.2. The first-order valence-corrected chi connectivity index (χ1v) is 6.86. The maximum absolute atomic E-state index is 6.00. The van der Waals surface area contributed by atoms with Crippen LogP contribution in [0.15, 0.2) is 48.5 Å². The summed E-state index contributed by atoms with van der Waals surface area (Å²) >= 11 is 0. The van der Waals surface area contributed by atoms with Crippen LogP contribution in [-0.4, -0.2) is 14.2 Å². The molecule has 2 rings (SSSR count). The summed E-state index contributed by atoms with van der Waals surface area (Å²) < 4.78 is 11.1. The molecule has 1 N–H and O–H groups in total. The monoisotopic (exact) mass is 271 g/mol. The van der Waals surface area contributed by atoms with Gasteiger partial charge in [0.2, 0.25) is 0 Å². The lowest BCUT2D eigenvalue weighted by molar-refractivity contribution is 0.412. The molecule has 0 bridgehead atoms. The highest BCUT2D eigenvalue weighted by Gasteiger charge is 2.12. The van der Waals surface area contributed by atoms with E-state index in [1.807, 2.05) is 49.5 Å². The predicted molar refractivity (Wildman–Crippen MR) is 81.6 cm³/mol. The minimum Gasteiger partial charge on any atom is -0.497 e. The minimum atomic E-state index is 0.296. The van der Waals surface area contributed by atoms with Gasteiger partial charge in [-0.05, 0) is 43.8 Å². The van der Waals surface area contributed by atoms with E-state index in [2.05, 4.69) is 18.3 Å². The van der Waals surface area contributed by atoms with E-state index in [9.17, 15) is 0 Å². The summed E-state index contributed by atoms with van der Waals surface area (Å²) in [5, 5.41) is 3.31. The van der Waals surface area contributed by atoms with Gasteiger partial charge in [-0.1, -0.05) is 25.1 Å². The van der Waals surface area contributed by atoms with E-state index in [-0.39, 0.29) is 0 Å². The highest BCUT2D eigenvalue weighted by atomic mass is 16.5. The summed E-state index contributed by atoms with van der Waals surface area (Å²) in [5.41, 5.74) is 1.17. The fourth-order valence-electron chi connectivity index (χ4n) is 2.21. The molecule has 0 aliphatic carbocycles. The largest absolute Gasteiger partial charge is 0.497 e. The molecule has 0 aromatic heterocycles. The smallest absolute Gasteiger partial charge is 0.132 e. The van der Waals surface area contributed by atoms with Crippen LogP contribution in [0.25, 0.3) is 0 Å². The van der Waals surface area contributed by atoms with Crippen LogP contribution in [-0.2, 0) is 0 Å². The van der Waals surface area contributed by atoms with Gasteiger partial charge in [0.25, 0.3) is 0 Å². The molecule has 1 atom stereocenters. The Hall–Kier alpha value is -2.00. The molecule has 0 amide bonds. The number of rotatable bonds is 6. The third-order valence-corrected chi connectivity index (χ3v) is 3.34. The Labute approximate surface area is 120 Å². The minimum absolute atomic E-state index is 0.296. The highest BCUT2D eigenvalue weighted by Crippen LogP contribution is 2.31. The molecule has 0 fully saturated rings. The topological polar surface area (TPSA) is 30.5 Å². The maximum atomic E-state index is 6.00. The summed E-state index contributed by atoms with van der Waals surface area (Å²) in [7, 11) is 3.63. The van der Waals surface area contributed by atoms with Crippen molar-refractivity contribution in [3.63, 3.8) is 0 Å². The second-order valence-electron chi connectivity index (χ2n) is 4.56. The van der Waals surface area contributed by atoms with Crippen molar-refractivity contribution in [1.29, 1.82) is 0 Å². The van der Waals surface area contributed by atoms with E-state index in [0.717, 1.165) is 23.7 Å². The Morgan fingerprint density at radius 2 is 1.65 bits per heavy atom. The zero-order chi connectivity index (χ0) is 14.4. The average molecular weight is 271 g/mol. The van der Waals surface area contributed by atoms with Gasteiger partial charge in [-0.3, -0.25) is 0 Å². The number of nitrogens with one attached hydrogen (secondary N) is 1. The Bertz CT molecular complexity index is 533. The van der Waals surface area contributed by atoms with E-state index in [1.165, 1.54) is 5.56 Å². The molecule has 0 saturated heterocycles. The molecule has 0 spiro atoms. The lowest BCUT2D eigenvalue weighted by atomic mass is 10.0. The lowest BCUT2D eigenvalue weighted by Gasteiger charge is -2.18. The van der Waals surface area contributed by atoms with Gasteiger partial charge in [0.05, 0.1) is 7.11 Å². The zero-order valence-electron chi connectivity index (χ0n) is 12.2.